The Morgan fingerprint density at radius 1 is 1.15 bits per heavy atom. The van der Waals surface area contributed by atoms with Crippen LogP contribution in [0.25, 0.3) is 0 Å². The van der Waals surface area contributed by atoms with E-state index < -0.39 is 0 Å². The molecule has 0 atom stereocenters. The summed E-state index contributed by atoms with van der Waals surface area (Å²) in [4.78, 5) is 4.55. The summed E-state index contributed by atoms with van der Waals surface area (Å²) in [6, 6.07) is 11.3. The summed E-state index contributed by atoms with van der Waals surface area (Å²) >= 11 is 0. The first-order valence-corrected chi connectivity index (χ1v) is 7.65. The van der Waals surface area contributed by atoms with Crippen molar-refractivity contribution in [1.82, 2.24) is 4.57 Å². The second-order valence-corrected chi connectivity index (χ2v) is 5.61. The topological polar surface area (TPSA) is 17.3 Å². The molecule has 104 valence electrons. The molecule has 1 aromatic heterocycles. The normalized spacial score (nSPS) is 16.2. The van der Waals surface area contributed by atoms with E-state index in [9.17, 15) is 0 Å². The van der Waals surface area contributed by atoms with Crippen LogP contribution in [0.5, 0.6) is 0 Å². The Labute approximate surface area is 121 Å². The van der Waals surface area contributed by atoms with Gasteiger partial charge in [-0.15, -0.1) is 0 Å². The van der Waals surface area contributed by atoms with Crippen molar-refractivity contribution >= 4 is 11.9 Å². The molecule has 0 radical (unpaired) electrons. The highest BCUT2D eigenvalue weighted by Crippen LogP contribution is 2.29. The third-order valence-corrected chi connectivity index (χ3v) is 4.19. The van der Waals surface area contributed by atoms with E-state index in [-0.39, 0.29) is 0 Å². The van der Waals surface area contributed by atoms with Crippen LogP contribution in [0.3, 0.4) is 0 Å². The minimum atomic E-state index is 0.709. The third-order valence-electron chi connectivity index (χ3n) is 4.19. The van der Waals surface area contributed by atoms with Crippen molar-refractivity contribution in [2.45, 2.75) is 45.1 Å². The zero-order valence-electron chi connectivity index (χ0n) is 12.1. The number of rotatable bonds is 4. The zero-order valence-corrected chi connectivity index (χ0v) is 12.1. The fraction of sp³-hybridized carbons (Fsp3) is 0.389. The van der Waals surface area contributed by atoms with Crippen LogP contribution in [0.15, 0.2) is 47.7 Å². The molecule has 1 aromatic carbocycles. The van der Waals surface area contributed by atoms with E-state index in [2.05, 4.69) is 59.2 Å². The Hall–Kier alpha value is -1.83. The number of hydrogen-bond donors (Lipinski definition) is 0. The zero-order chi connectivity index (χ0) is 13.8. The molecule has 0 amide bonds. The summed E-state index contributed by atoms with van der Waals surface area (Å²) in [5, 5.41) is 0. The van der Waals surface area contributed by atoms with Crippen LogP contribution < -0.4 is 0 Å². The van der Waals surface area contributed by atoms with Crippen LogP contribution in [0.4, 0.5) is 5.69 Å². The lowest BCUT2D eigenvalue weighted by atomic mass is 10.1. The van der Waals surface area contributed by atoms with Gasteiger partial charge in [0.2, 0.25) is 0 Å². The summed E-state index contributed by atoms with van der Waals surface area (Å²) in [5.74, 6) is 0. The Morgan fingerprint density at radius 3 is 2.60 bits per heavy atom. The molecule has 0 aliphatic heterocycles. The van der Waals surface area contributed by atoms with Gasteiger partial charge in [-0.3, -0.25) is 4.99 Å². The summed E-state index contributed by atoms with van der Waals surface area (Å²) in [6.07, 6.45) is 12.8. The summed E-state index contributed by atoms with van der Waals surface area (Å²) in [5.41, 5.74) is 3.57. The Kier molecular flexibility index (Phi) is 4.00. The van der Waals surface area contributed by atoms with Gasteiger partial charge < -0.3 is 4.57 Å². The van der Waals surface area contributed by atoms with Gasteiger partial charge in [0.1, 0.15) is 0 Å². The molecule has 1 heterocycles. The number of aliphatic imine (C=N–C) groups is 1. The Balaban J connectivity index is 1.68. The predicted molar refractivity (Wildman–Crippen MR) is 85.0 cm³/mol. The van der Waals surface area contributed by atoms with Gasteiger partial charge in [-0.05, 0) is 43.0 Å². The molecule has 0 bridgehead atoms. The lowest BCUT2D eigenvalue weighted by Gasteiger charge is -2.10. The van der Waals surface area contributed by atoms with Crippen LogP contribution in [0.1, 0.15) is 49.8 Å². The van der Waals surface area contributed by atoms with Crippen molar-refractivity contribution in [3.05, 3.63) is 53.9 Å². The van der Waals surface area contributed by atoms with Crippen LogP contribution in [-0.2, 0) is 6.42 Å². The molecule has 1 fully saturated rings. The Morgan fingerprint density at radius 2 is 1.90 bits per heavy atom. The molecule has 20 heavy (non-hydrogen) atoms. The van der Waals surface area contributed by atoms with E-state index in [1.807, 2.05) is 6.21 Å². The lowest BCUT2D eigenvalue weighted by molar-refractivity contribution is 0.521. The maximum absolute atomic E-state index is 4.55. The highest BCUT2D eigenvalue weighted by atomic mass is 15.0. The maximum atomic E-state index is 4.55. The van der Waals surface area contributed by atoms with Gasteiger partial charge in [0, 0.05) is 30.2 Å². The van der Waals surface area contributed by atoms with E-state index in [4.69, 9.17) is 0 Å². The lowest BCUT2D eigenvalue weighted by Crippen LogP contribution is -2.00. The fourth-order valence-corrected chi connectivity index (χ4v) is 2.90. The molecule has 2 aromatic rings. The van der Waals surface area contributed by atoms with E-state index in [1.165, 1.54) is 36.8 Å². The molecular formula is C18H22N2. The number of hydrogen-bond acceptors (Lipinski definition) is 1. The van der Waals surface area contributed by atoms with Gasteiger partial charge in [-0.1, -0.05) is 31.9 Å². The molecule has 3 rings (SSSR count). The van der Waals surface area contributed by atoms with Crippen molar-refractivity contribution in [3.63, 3.8) is 0 Å². The van der Waals surface area contributed by atoms with Crippen LogP contribution in [-0.4, -0.2) is 10.8 Å². The minimum Gasteiger partial charge on any atom is -0.351 e. The monoisotopic (exact) mass is 266 g/mol. The Bertz CT molecular complexity index is 572. The van der Waals surface area contributed by atoms with Gasteiger partial charge in [0.15, 0.2) is 0 Å². The molecular weight excluding hydrogens is 244 g/mol. The number of aryl methyl sites for hydroxylation is 1. The molecule has 0 spiro atoms. The second kappa shape index (κ2) is 6.08. The SMILES string of the molecule is CCc1ccc(N=Cc2ccn(C3CCCC3)c2)cc1. The maximum Gasteiger partial charge on any atom is 0.0630 e. The standard InChI is InChI=1S/C18H22N2/c1-2-15-7-9-17(10-8-15)19-13-16-11-12-20(14-16)18-5-3-4-6-18/h7-14,18H,2-6H2,1H3. The third kappa shape index (κ3) is 3.01. The number of aromatic nitrogens is 1. The van der Waals surface area contributed by atoms with Gasteiger partial charge in [-0.2, -0.15) is 0 Å². The smallest absolute Gasteiger partial charge is 0.0630 e. The van der Waals surface area contributed by atoms with Crippen LogP contribution in [0, 0.1) is 0 Å². The summed E-state index contributed by atoms with van der Waals surface area (Å²) in [7, 11) is 0. The second-order valence-electron chi connectivity index (χ2n) is 5.61. The van der Waals surface area contributed by atoms with E-state index in [1.54, 1.807) is 0 Å². The van der Waals surface area contributed by atoms with Gasteiger partial charge in [0.25, 0.3) is 0 Å². The molecule has 1 aliphatic carbocycles. The van der Waals surface area contributed by atoms with Crippen molar-refractivity contribution < 1.29 is 0 Å². The fourth-order valence-electron chi connectivity index (χ4n) is 2.90. The first-order valence-electron chi connectivity index (χ1n) is 7.65. The molecule has 0 saturated heterocycles. The predicted octanol–water partition coefficient (Wildman–Crippen LogP) is 4.92. The van der Waals surface area contributed by atoms with Gasteiger partial charge in [-0.25, -0.2) is 0 Å². The molecule has 0 unspecified atom stereocenters. The van der Waals surface area contributed by atoms with E-state index in [0.717, 1.165) is 12.1 Å². The molecule has 2 heteroatoms. The van der Waals surface area contributed by atoms with Crippen molar-refractivity contribution in [2.24, 2.45) is 4.99 Å². The summed E-state index contributed by atoms with van der Waals surface area (Å²) < 4.78 is 2.36. The molecule has 1 aliphatic rings. The highest BCUT2D eigenvalue weighted by molar-refractivity contribution is 5.81. The van der Waals surface area contributed by atoms with E-state index >= 15 is 0 Å². The molecule has 0 N–H and O–H groups in total. The average molecular weight is 266 g/mol. The first-order chi connectivity index (χ1) is 9.85. The summed E-state index contributed by atoms with van der Waals surface area (Å²) in [6.45, 7) is 2.17. The number of nitrogens with zero attached hydrogens (tertiary/aromatic N) is 2. The largest absolute Gasteiger partial charge is 0.351 e. The number of benzene rings is 1. The highest BCUT2D eigenvalue weighted by Gasteiger charge is 2.15. The van der Waals surface area contributed by atoms with Gasteiger partial charge >= 0.3 is 0 Å². The van der Waals surface area contributed by atoms with Crippen LogP contribution in [0.2, 0.25) is 0 Å². The first kappa shape index (κ1) is 13.2. The molecule has 2 nitrogen and oxygen atoms in total. The van der Waals surface area contributed by atoms with Crippen LogP contribution >= 0.6 is 0 Å². The minimum absolute atomic E-state index is 0.709. The van der Waals surface area contributed by atoms with Crippen molar-refractivity contribution in [3.8, 4) is 0 Å². The van der Waals surface area contributed by atoms with E-state index in [0.29, 0.717) is 6.04 Å². The van der Waals surface area contributed by atoms with Gasteiger partial charge in [0.05, 0.1) is 5.69 Å². The quantitative estimate of drug-likeness (QED) is 0.699. The van der Waals surface area contributed by atoms with Crippen molar-refractivity contribution in [2.75, 3.05) is 0 Å². The molecule has 1 saturated carbocycles. The van der Waals surface area contributed by atoms with Crippen molar-refractivity contribution in [1.29, 1.82) is 0 Å². The average Bonchev–Trinajstić information content (AvgIpc) is 3.16.